The summed E-state index contributed by atoms with van der Waals surface area (Å²) in [5.41, 5.74) is 8.20. The fraction of sp³-hybridized carbons (Fsp3) is 0.188. The number of nitrogen functional groups attached to an aromatic ring is 1. The Bertz CT molecular complexity index is 585. The highest BCUT2D eigenvalue weighted by Gasteiger charge is 2.02. The third-order valence-corrected chi connectivity index (χ3v) is 2.98. The first kappa shape index (κ1) is 17.0. The zero-order valence-electron chi connectivity index (χ0n) is 11.8. The van der Waals surface area contributed by atoms with Crippen LogP contribution in [0.3, 0.4) is 0 Å². The zero-order chi connectivity index (χ0) is 14.4. The third-order valence-electron chi connectivity index (χ3n) is 2.98. The molecule has 0 heterocycles. The van der Waals surface area contributed by atoms with Crippen LogP contribution in [0.1, 0.15) is 16.7 Å². The van der Waals surface area contributed by atoms with Crippen LogP contribution in [-0.4, -0.2) is 12.9 Å². The van der Waals surface area contributed by atoms with Gasteiger partial charge < -0.3 is 15.2 Å². The van der Waals surface area contributed by atoms with Gasteiger partial charge in [0.05, 0.1) is 20.3 Å². The van der Waals surface area contributed by atoms with Crippen molar-refractivity contribution in [3.63, 3.8) is 0 Å². The van der Waals surface area contributed by atoms with Crippen LogP contribution in [0.15, 0.2) is 48.5 Å². The number of halogens is 1. The fourth-order valence-electron chi connectivity index (χ4n) is 1.88. The number of amidine groups is 1. The average Bonchev–Trinajstić information content (AvgIpc) is 2.48. The molecule has 0 atom stereocenters. The topological polar surface area (TPSA) is 68.3 Å². The van der Waals surface area contributed by atoms with E-state index in [0.29, 0.717) is 13.2 Å². The summed E-state index contributed by atoms with van der Waals surface area (Å²) in [5, 5.41) is 7.33. The standard InChI is InChI=1S/C16H18N2O2.ClH/c1-19-15-5-3-2-4-14(15)11-20-10-12-6-8-13(9-7-12)16(17)18;/h2-9H,10-11H2,1H3,(H3,17,18);1H. The van der Waals surface area contributed by atoms with Crippen molar-refractivity contribution in [1.82, 2.24) is 0 Å². The highest BCUT2D eigenvalue weighted by Crippen LogP contribution is 2.18. The second-order valence-corrected chi connectivity index (χ2v) is 4.42. The van der Waals surface area contributed by atoms with Crippen LogP contribution in [-0.2, 0) is 18.0 Å². The van der Waals surface area contributed by atoms with Gasteiger partial charge in [0.15, 0.2) is 0 Å². The zero-order valence-corrected chi connectivity index (χ0v) is 12.7. The molecule has 0 aliphatic carbocycles. The summed E-state index contributed by atoms with van der Waals surface area (Å²) in [6, 6.07) is 15.3. The summed E-state index contributed by atoms with van der Waals surface area (Å²) in [5.74, 6) is 0.908. The maximum absolute atomic E-state index is 7.33. The lowest BCUT2D eigenvalue weighted by Crippen LogP contribution is -2.10. The van der Waals surface area contributed by atoms with E-state index in [-0.39, 0.29) is 18.2 Å². The van der Waals surface area contributed by atoms with E-state index in [2.05, 4.69) is 0 Å². The monoisotopic (exact) mass is 306 g/mol. The van der Waals surface area contributed by atoms with Gasteiger partial charge in [0, 0.05) is 11.1 Å². The molecule has 0 aromatic heterocycles. The second kappa shape index (κ2) is 8.29. The molecule has 0 spiro atoms. The summed E-state index contributed by atoms with van der Waals surface area (Å²) in [7, 11) is 1.65. The van der Waals surface area contributed by atoms with E-state index in [9.17, 15) is 0 Å². The predicted octanol–water partition coefficient (Wildman–Crippen LogP) is 3.12. The van der Waals surface area contributed by atoms with Gasteiger partial charge in [-0.3, -0.25) is 5.41 Å². The molecule has 2 aromatic rings. The first-order chi connectivity index (χ1) is 9.70. The minimum Gasteiger partial charge on any atom is -0.496 e. The number of ether oxygens (including phenoxy) is 2. The summed E-state index contributed by atoms with van der Waals surface area (Å²) in [6.45, 7) is 1.01. The quantitative estimate of drug-likeness (QED) is 0.636. The second-order valence-electron chi connectivity index (χ2n) is 4.42. The number of rotatable bonds is 6. The van der Waals surface area contributed by atoms with Gasteiger partial charge in [0.1, 0.15) is 11.6 Å². The van der Waals surface area contributed by atoms with Gasteiger partial charge in [-0.05, 0) is 11.6 Å². The summed E-state index contributed by atoms with van der Waals surface area (Å²) in [6.07, 6.45) is 0. The Hall–Kier alpha value is -2.04. The smallest absolute Gasteiger partial charge is 0.124 e. The third kappa shape index (κ3) is 4.77. The summed E-state index contributed by atoms with van der Waals surface area (Å²) in [4.78, 5) is 0. The highest BCUT2D eigenvalue weighted by molar-refractivity contribution is 5.94. The molecule has 2 rings (SSSR count). The van der Waals surface area contributed by atoms with E-state index in [0.717, 1.165) is 22.4 Å². The Morgan fingerprint density at radius 3 is 2.33 bits per heavy atom. The molecule has 112 valence electrons. The Balaban J connectivity index is 0.00000220. The molecular formula is C16H19ClN2O2. The van der Waals surface area contributed by atoms with Gasteiger partial charge >= 0.3 is 0 Å². The van der Waals surface area contributed by atoms with E-state index in [1.54, 1.807) is 7.11 Å². The van der Waals surface area contributed by atoms with E-state index >= 15 is 0 Å². The molecule has 3 N–H and O–H groups in total. The van der Waals surface area contributed by atoms with Gasteiger partial charge in [0.2, 0.25) is 0 Å². The average molecular weight is 307 g/mol. The molecule has 0 saturated carbocycles. The molecular weight excluding hydrogens is 288 g/mol. The Labute approximate surface area is 130 Å². The lowest BCUT2D eigenvalue weighted by molar-refractivity contribution is 0.105. The molecule has 4 nitrogen and oxygen atoms in total. The molecule has 21 heavy (non-hydrogen) atoms. The molecule has 0 aliphatic rings. The number of nitrogens with two attached hydrogens (primary N) is 1. The van der Waals surface area contributed by atoms with Crippen molar-refractivity contribution in [2.45, 2.75) is 13.2 Å². The lowest BCUT2D eigenvalue weighted by Gasteiger charge is -2.09. The minimum absolute atomic E-state index is 0. The number of hydrogen-bond acceptors (Lipinski definition) is 3. The summed E-state index contributed by atoms with van der Waals surface area (Å²) >= 11 is 0. The number of benzene rings is 2. The van der Waals surface area contributed by atoms with E-state index in [1.807, 2.05) is 48.5 Å². The van der Waals surface area contributed by atoms with Gasteiger partial charge in [0.25, 0.3) is 0 Å². The van der Waals surface area contributed by atoms with E-state index in [1.165, 1.54) is 0 Å². The molecule has 0 fully saturated rings. The summed E-state index contributed by atoms with van der Waals surface area (Å²) < 4.78 is 11.0. The molecule has 2 aromatic carbocycles. The normalized spacial score (nSPS) is 9.76. The van der Waals surface area contributed by atoms with Crippen LogP contribution in [0, 0.1) is 5.41 Å². The van der Waals surface area contributed by atoms with Crippen molar-refractivity contribution in [3.05, 3.63) is 65.2 Å². The largest absolute Gasteiger partial charge is 0.496 e. The Morgan fingerprint density at radius 1 is 1.05 bits per heavy atom. The number of nitrogens with one attached hydrogen (secondary N) is 1. The van der Waals surface area contributed by atoms with E-state index < -0.39 is 0 Å². The van der Waals surface area contributed by atoms with Crippen molar-refractivity contribution in [2.24, 2.45) is 5.73 Å². The van der Waals surface area contributed by atoms with E-state index in [4.69, 9.17) is 20.6 Å². The minimum atomic E-state index is 0. The van der Waals surface area contributed by atoms with Gasteiger partial charge in [-0.15, -0.1) is 12.4 Å². The van der Waals surface area contributed by atoms with Crippen LogP contribution in [0.2, 0.25) is 0 Å². The molecule has 0 aliphatic heterocycles. The van der Waals surface area contributed by atoms with Crippen molar-refractivity contribution in [2.75, 3.05) is 7.11 Å². The van der Waals surface area contributed by atoms with Crippen molar-refractivity contribution in [3.8, 4) is 5.75 Å². The maximum Gasteiger partial charge on any atom is 0.124 e. The Kier molecular flexibility index (Phi) is 6.72. The Morgan fingerprint density at radius 2 is 1.71 bits per heavy atom. The molecule has 0 radical (unpaired) electrons. The molecule has 5 heteroatoms. The fourth-order valence-corrected chi connectivity index (χ4v) is 1.88. The first-order valence-electron chi connectivity index (χ1n) is 6.33. The van der Waals surface area contributed by atoms with Crippen LogP contribution in [0.5, 0.6) is 5.75 Å². The predicted molar refractivity (Wildman–Crippen MR) is 86.2 cm³/mol. The molecule has 0 unspecified atom stereocenters. The highest BCUT2D eigenvalue weighted by atomic mass is 35.5. The maximum atomic E-state index is 7.33. The van der Waals surface area contributed by atoms with Crippen LogP contribution in [0.4, 0.5) is 0 Å². The van der Waals surface area contributed by atoms with Gasteiger partial charge in [-0.2, -0.15) is 0 Å². The van der Waals surface area contributed by atoms with Crippen LogP contribution >= 0.6 is 12.4 Å². The van der Waals surface area contributed by atoms with Crippen molar-refractivity contribution >= 4 is 18.2 Å². The van der Waals surface area contributed by atoms with Gasteiger partial charge in [-0.25, -0.2) is 0 Å². The lowest BCUT2D eigenvalue weighted by atomic mass is 10.1. The van der Waals surface area contributed by atoms with Crippen molar-refractivity contribution in [1.29, 1.82) is 5.41 Å². The van der Waals surface area contributed by atoms with Gasteiger partial charge in [-0.1, -0.05) is 42.5 Å². The SMILES string of the molecule is COc1ccccc1COCc1ccc(C(=N)N)cc1.Cl. The molecule has 0 saturated heterocycles. The van der Waals surface area contributed by atoms with Crippen molar-refractivity contribution < 1.29 is 9.47 Å². The van der Waals surface area contributed by atoms with Crippen LogP contribution in [0.25, 0.3) is 0 Å². The van der Waals surface area contributed by atoms with Crippen LogP contribution < -0.4 is 10.5 Å². The number of hydrogen-bond donors (Lipinski definition) is 2. The first-order valence-corrected chi connectivity index (χ1v) is 6.33. The molecule has 0 amide bonds. The number of methoxy groups -OCH3 is 1. The molecule has 0 bridgehead atoms. The number of para-hydroxylation sites is 1.